The fourth-order valence-electron chi connectivity index (χ4n) is 2.88. The highest BCUT2D eigenvalue weighted by atomic mass is 35.5. The van der Waals surface area contributed by atoms with Crippen LogP contribution in [0.3, 0.4) is 0 Å². The maximum atomic E-state index is 12.2. The van der Waals surface area contributed by atoms with Crippen LogP contribution in [0.15, 0.2) is 18.2 Å². The molecule has 0 radical (unpaired) electrons. The minimum Gasteiger partial charge on any atom is -0.396 e. The second kappa shape index (κ2) is 7.60. The Kier molecular flexibility index (Phi) is 5.80. The topological polar surface area (TPSA) is 62.2 Å². The molecule has 1 aromatic heterocycles. The average molecular weight is 297 g/mol. The zero-order valence-electron chi connectivity index (χ0n) is 11.5. The first kappa shape index (κ1) is 15.3. The van der Waals surface area contributed by atoms with Crippen molar-refractivity contribution in [3.63, 3.8) is 0 Å². The lowest BCUT2D eigenvalue weighted by Crippen LogP contribution is -2.42. The summed E-state index contributed by atoms with van der Waals surface area (Å²) in [4.78, 5) is 16.2. The Morgan fingerprint density at radius 2 is 2.15 bits per heavy atom. The van der Waals surface area contributed by atoms with Crippen molar-refractivity contribution in [3.05, 3.63) is 29.0 Å². The van der Waals surface area contributed by atoms with Gasteiger partial charge in [-0.2, -0.15) is 0 Å². The van der Waals surface area contributed by atoms with Crippen molar-refractivity contribution in [2.45, 2.75) is 44.6 Å². The third-order valence-corrected chi connectivity index (χ3v) is 4.13. The number of aliphatic hydroxyl groups excluding tert-OH is 1. The minimum atomic E-state index is -0.212. The molecule has 4 nitrogen and oxygen atoms in total. The minimum absolute atomic E-state index is 0.0218. The maximum Gasteiger partial charge on any atom is 0.270 e. The normalized spacial score (nSPS) is 17.7. The van der Waals surface area contributed by atoms with Gasteiger partial charge in [-0.1, -0.05) is 36.9 Å². The Balaban J connectivity index is 2.01. The lowest BCUT2D eigenvalue weighted by atomic mass is 9.82. The van der Waals surface area contributed by atoms with E-state index < -0.39 is 0 Å². The fraction of sp³-hybridized carbons (Fsp3) is 0.600. The molecule has 1 saturated carbocycles. The molecule has 1 aromatic rings. The second-order valence-corrected chi connectivity index (χ2v) is 5.72. The van der Waals surface area contributed by atoms with E-state index in [1.54, 1.807) is 18.2 Å². The molecular weight excluding hydrogens is 276 g/mol. The van der Waals surface area contributed by atoms with Gasteiger partial charge in [-0.05, 0) is 37.3 Å². The summed E-state index contributed by atoms with van der Waals surface area (Å²) in [5.74, 6) is 0.246. The SMILES string of the molecule is O=C(NC(CCO)C1CCCCC1)c1cccc(Cl)n1. The molecule has 5 heteroatoms. The van der Waals surface area contributed by atoms with Crippen molar-refractivity contribution in [2.24, 2.45) is 5.92 Å². The van der Waals surface area contributed by atoms with Crippen LogP contribution in [0.2, 0.25) is 5.15 Å². The van der Waals surface area contributed by atoms with Gasteiger partial charge < -0.3 is 10.4 Å². The third kappa shape index (κ3) is 4.18. The van der Waals surface area contributed by atoms with Gasteiger partial charge in [0.25, 0.3) is 5.91 Å². The van der Waals surface area contributed by atoms with Crippen LogP contribution in [-0.4, -0.2) is 28.6 Å². The lowest BCUT2D eigenvalue weighted by molar-refractivity contribution is 0.0894. The Morgan fingerprint density at radius 1 is 1.40 bits per heavy atom. The summed E-state index contributed by atoms with van der Waals surface area (Å²) < 4.78 is 0. The maximum absolute atomic E-state index is 12.2. The number of pyridine rings is 1. The molecular formula is C15H21ClN2O2. The van der Waals surface area contributed by atoms with Gasteiger partial charge in [0.05, 0.1) is 0 Å². The van der Waals surface area contributed by atoms with Crippen LogP contribution in [0.4, 0.5) is 0 Å². The summed E-state index contributed by atoms with van der Waals surface area (Å²) >= 11 is 5.80. The number of aromatic nitrogens is 1. The van der Waals surface area contributed by atoms with Crippen molar-refractivity contribution in [1.82, 2.24) is 10.3 Å². The molecule has 20 heavy (non-hydrogen) atoms. The number of hydrogen-bond acceptors (Lipinski definition) is 3. The van der Waals surface area contributed by atoms with Crippen molar-refractivity contribution in [1.29, 1.82) is 0 Å². The number of rotatable bonds is 5. The van der Waals surface area contributed by atoms with E-state index in [4.69, 9.17) is 11.6 Å². The highest BCUT2D eigenvalue weighted by Gasteiger charge is 2.25. The van der Waals surface area contributed by atoms with Crippen LogP contribution < -0.4 is 5.32 Å². The average Bonchev–Trinajstić information content (AvgIpc) is 2.47. The van der Waals surface area contributed by atoms with E-state index in [9.17, 15) is 9.90 Å². The first-order chi connectivity index (χ1) is 9.70. The van der Waals surface area contributed by atoms with E-state index in [1.807, 2.05) is 0 Å². The van der Waals surface area contributed by atoms with Crippen LogP contribution >= 0.6 is 11.6 Å². The fourth-order valence-corrected chi connectivity index (χ4v) is 3.04. The quantitative estimate of drug-likeness (QED) is 0.821. The molecule has 1 heterocycles. The molecule has 0 aliphatic heterocycles. The number of amides is 1. The molecule has 0 bridgehead atoms. The molecule has 2 rings (SSSR count). The molecule has 0 spiro atoms. The van der Waals surface area contributed by atoms with Gasteiger partial charge in [-0.25, -0.2) is 4.98 Å². The first-order valence-electron chi connectivity index (χ1n) is 7.25. The molecule has 1 unspecified atom stereocenters. The molecule has 2 N–H and O–H groups in total. The van der Waals surface area contributed by atoms with Crippen molar-refractivity contribution >= 4 is 17.5 Å². The van der Waals surface area contributed by atoms with Crippen LogP contribution in [0.5, 0.6) is 0 Å². The highest BCUT2D eigenvalue weighted by molar-refractivity contribution is 6.29. The van der Waals surface area contributed by atoms with E-state index >= 15 is 0 Å². The number of carbonyl (C=O) groups is 1. The number of nitrogens with zero attached hydrogens (tertiary/aromatic N) is 1. The molecule has 0 aromatic carbocycles. The molecule has 1 aliphatic rings. The van der Waals surface area contributed by atoms with Crippen molar-refractivity contribution in [2.75, 3.05) is 6.61 Å². The summed E-state index contributed by atoms with van der Waals surface area (Å²) in [5, 5.41) is 12.5. The standard InChI is InChI=1S/C15H21ClN2O2/c16-14-8-4-7-13(17-14)15(20)18-12(9-10-19)11-5-2-1-3-6-11/h4,7-8,11-12,19H,1-3,5-6,9-10H2,(H,18,20). The molecule has 110 valence electrons. The van der Waals surface area contributed by atoms with E-state index in [-0.39, 0.29) is 18.6 Å². The summed E-state index contributed by atoms with van der Waals surface area (Å²) in [6.07, 6.45) is 6.51. The van der Waals surface area contributed by atoms with Gasteiger partial charge in [0.1, 0.15) is 10.8 Å². The highest BCUT2D eigenvalue weighted by Crippen LogP contribution is 2.27. The van der Waals surface area contributed by atoms with Gasteiger partial charge in [0.15, 0.2) is 0 Å². The summed E-state index contributed by atoms with van der Waals surface area (Å²) in [7, 11) is 0. The zero-order chi connectivity index (χ0) is 14.4. The van der Waals surface area contributed by atoms with Crippen LogP contribution in [-0.2, 0) is 0 Å². The van der Waals surface area contributed by atoms with Crippen LogP contribution in [0.1, 0.15) is 49.0 Å². The van der Waals surface area contributed by atoms with Gasteiger partial charge >= 0.3 is 0 Å². The summed E-state index contributed by atoms with van der Waals surface area (Å²) in [5.41, 5.74) is 0.330. The van der Waals surface area contributed by atoms with E-state index in [1.165, 1.54) is 19.3 Å². The number of halogens is 1. The Bertz CT molecular complexity index is 447. The predicted molar refractivity (Wildman–Crippen MR) is 78.8 cm³/mol. The van der Waals surface area contributed by atoms with Crippen LogP contribution in [0, 0.1) is 5.92 Å². The Morgan fingerprint density at radius 3 is 2.80 bits per heavy atom. The molecule has 1 fully saturated rings. The van der Waals surface area contributed by atoms with Gasteiger partial charge in [-0.3, -0.25) is 4.79 Å². The summed E-state index contributed by atoms with van der Waals surface area (Å²) in [6, 6.07) is 5.03. The Hall–Kier alpha value is -1.13. The Labute approximate surface area is 124 Å². The molecule has 0 saturated heterocycles. The number of nitrogens with one attached hydrogen (secondary N) is 1. The predicted octanol–water partition coefficient (Wildman–Crippen LogP) is 2.80. The van der Waals surface area contributed by atoms with Crippen molar-refractivity contribution in [3.8, 4) is 0 Å². The summed E-state index contributed by atoms with van der Waals surface area (Å²) in [6.45, 7) is 0.0877. The van der Waals surface area contributed by atoms with E-state index in [2.05, 4.69) is 10.3 Å². The first-order valence-corrected chi connectivity index (χ1v) is 7.63. The molecule has 1 aliphatic carbocycles. The smallest absolute Gasteiger partial charge is 0.270 e. The van der Waals surface area contributed by atoms with Crippen molar-refractivity contribution < 1.29 is 9.90 Å². The second-order valence-electron chi connectivity index (χ2n) is 5.34. The van der Waals surface area contributed by atoms with E-state index in [0.717, 1.165) is 12.8 Å². The molecule has 1 amide bonds. The lowest BCUT2D eigenvalue weighted by Gasteiger charge is -2.30. The third-order valence-electron chi connectivity index (χ3n) is 3.92. The van der Waals surface area contributed by atoms with Gasteiger partial charge in [-0.15, -0.1) is 0 Å². The number of aliphatic hydroxyl groups is 1. The monoisotopic (exact) mass is 296 g/mol. The zero-order valence-corrected chi connectivity index (χ0v) is 12.3. The number of hydrogen-bond donors (Lipinski definition) is 2. The largest absolute Gasteiger partial charge is 0.396 e. The van der Waals surface area contributed by atoms with E-state index in [0.29, 0.717) is 23.2 Å². The van der Waals surface area contributed by atoms with Gasteiger partial charge in [0.2, 0.25) is 0 Å². The molecule has 1 atom stereocenters. The van der Waals surface area contributed by atoms with Crippen LogP contribution in [0.25, 0.3) is 0 Å². The van der Waals surface area contributed by atoms with Gasteiger partial charge in [0, 0.05) is 12.6 Å². The number of carbonyl (C=O) groups excluding carboxylic acids is 1.